The number of amides is 2. The molecule has 1 N–H and O–H groups in total. The van der Waals surface area contributed by atoms with Gasteiger partial charge in [-0.25, -0.2) is 13.2 Å². The Balaban J connectivity index is 2.00. The number of methoxy groups -OCH3 is 2. The number of nitrogens with zero attached hydrogens (tertiary/aromatic N) is 2. The molecule has 0 radical (unpaired) electrons. The minimum atomic E-state index is -3.21. The molecule has 2 rings (SSSR count). The molecular weight excluding hydrogens is 322 g/mol. The van der Waals surface area contributed by atoms with E-state index in [1.54, 1.807) is 23.1 Å². The highest BCUT2D eigenvalue weighted by Gasteiger charge is 2.26. The molecule has 2 amide bonds. The summed E-state index contributed by atoms with van der Waals surface area (Å²) in [4.78, 5) is 13.9. The standard InChI is InChI=1S/C14H21N3O5S/c1-21-12-8-11(9-13(10-12)22-2)15-14(18)16-4-6-17(7-5-16)23(3,19)20/h8-10H,4-7H2,1-3H3,(H,15,18). The maximum Gasteiger partial charge on any atom is 0.321 e. The van der Waals surface area contributed by atoms with Gasteiger partial charge < -0.3 is 19.7 Å². The molecule has 0 saturated carbocycles. The second-order valence-electron chi connectivity index (χ2n) is 5.18. The molecule has 1 saturated heterocycles. The average molecular weight is 343 g/mol. The van der Waals surface area contributed by atoms with Crippen LogP contribution in [0.2, 0.25) is 0 Å². The van der Waals surface area contributed by atoms with Gasteiger partial charge in [-0.3, -0.25) is 0 Å². The number of ether oxygens (including phenoxy) is 2. The molecule has 0 bridgehead atoms. The molecule has 1 aromatic rings. The van der Waals surface area contributed by atoms with Crippen molar-refractivity contribution in [3.8, 4) is 11.5 Å². The van der Waals surface area contributed by atoms with E-state index in [0.29, 0.717) is 43.4 Å². The van der Waals surface area contributed by atoms with Crippen LogP contribution in [0.5, 0.6) is 11.5 Å². The summed E-state index contributed by atoms with van der Waals surface area (Å²) < 4.78 is 34.6. The fourth-order valence-electron chi connectivity index (χ4n) is 2.30. The number of sulfonamides is 1. The molecule has 1 heterocycles. The molecule has 0 unspecified atom stereocenters. The lowest BCUT2D eigenvalue weighted by molar-refractivity contribution is 0.184. The van der Waals surface area contributed by atoms with E-state index in [1.807, 2.05) is 0 Å². The van der Waals surface area contributed by atoms with Crippen LogP contribution in [0, 0.1) is 0 Å². The van der Waals surface area contributed by atoms with Crippen LogP contribution in [0.15, 0.2) is 18.2 Å². The van der Waals surface area contributed by atoms with Gasteiger partial charge in [-0.2, -0.15) is 4.31 Å². The van der Waals surface area contributed by atoms with E-state index in [9.17, 15) is 13.2 Å². The third-order valence-corrected chi connectivity index (χ3v) is 4.90. The maximum atomic E-state index is 12.3. The Kier molecular flexibility index (Phi) is 5.32. The van der Waals surface area contributed by atoms with E-state index in [2.05, 4.69) is 5.32 Å². The van der Waals surface area contributed by atoms with Crippen molar-refractivity contribution in [2.24, 2.45) is 0 Å². The highest BCUT2D eigenvalue weighted by atomic mass is 32.2. The van der Waals surface area contributed by atoms with Crippen LogP contribution >= 0.6 is 0 Å². The van der Waals surface area contributed by atoms with Gasteiger partial charge in [0.25, 0.3) is 0 Å². The van der Waals surface area contributed by atoms with Crippen LogP contribution in [-0.2, 0) is 10.0 Å². The van der Waals surface area contributed by atoms with Crippen molar-refractivity contribution in [2.45, 2.75) is 0 Å². The number of nitrogens with one attached hydrogen (secondary N) is 1. The Labute approximate surface area is 136 Å². The Morgan fingerprint density at radius 3 is 2.00 bits per heavy atom. The largest absolute Gasteiger partial charge is 0.497 e. The first-order valence-corrected chi connectivity index (χ1v) is 8.92. The summed E-state index contributed by atoms with van der Waals surface area (Å²) in [6.45, 7) is 1.29. The molecule has 23 heavy (non-hydrogen) atoms. The van der Waals surface area contributed by atoms with Gasteiger partial charge in [-0.1, -0.05) is 0 Å². The second kappa shape index (κ2) is 7.05. The fraction of sp³-hybridized carbons (Fsp3) is 0.500. The highest BCUT2D eigenvalue weighted by molar-refractivity contribution is 7.88. The monoisotopic (exact) mass is 343 g/mol. The van der Waals surface area contributed by atoms with E-state index in [4.69, 9.17) is 9.47 Å². The van der Waals surface area contributed by atoms with Crippen LogP contribution in [0.1, 0.15) is 0 Å². The molecule has 9 heteroatoms. The van der Waals surface area contributed by atoms with E-state index >= 15 is 0 Å². The lowest BCUT2D eigenvalue weighted by Gasteiger charge is -2.33. The van der Waals surface area contributed by atoms with Crippen LogP contribution in [-0.4, -0.2) is 70.3 Å². The third kappa shape index (κ3) is 4.49. The molecule has 0 spiro atoms. The van der Waals surface area contributed by atoms with Crippen LogP contribution < -0.4 is 14.8 Å². The van der Waals surface area contributed by atoms with Gasteiger partial charge in [0.2, 0.25) is 10.0 Å². The van der Waals surface area contributed by atoms with Crippen molar-refractivity contribution in [1.82, 2.24) is 9.21 Å². The van der Waals surface area contributed by atoms with E-state index < -0.39 is 10.0 Å². The topological polar surface area (TPSA) is 88.2 Å². The first-order chi connectivity index (χ1) is 10.8. The van der Waals surface area contributed by atoms with Crippen molar-refractivity contribution in [2.75, 3.05) is 52.0 Å². The summed E-state index contributed by atoms with van der Waals surface area (Å²) in [5.74, 6) is 1.14. The lowest BCUT2D eigenvalue weighted by Crippen LogP contribution is -2.51. The fourth-order valence-corrected chi connectivity index (χ4v) is 3.13. The van der Waals surface area contributed by atoms with Crippen LogP contribution in [0.3, 0.4) is 0 Å². The first-order valence-electron chi connectivity index (χ1n) is 7.07. The molecule has 0 aliphatic carbocycles. The van der Waals surface area contributed by atoms with Crippen LogP contribution in [0.4, 0.5) is 10.5 Å². The van der Waals surface area contributed by atoms with E-state index in [1.165, 1.54) is 24.8 Å². The Hall–Kier alpha value is -2.00. The predicted octanol–water partition coefficient (Wildman–Crippen LogP) is 0.813. The molecule has 0 atom stereocenters. The SMILES string of the molecule is COc1cc(NC(=O)N2CCN(S(C)(=O)=O)CC2)cc(OC)c1. The Morgan fingerprint density at radius 2 is 1.57 bits per heavy atom. The molecule has 1 fully saturated rings. The number of hydrogen-bond donors (Lipinski definition) is 1. The number of carbonyl (C=O) groups excluding carboxylic acids is 1. The minimum Gasteiger partial charge on any atom is -0.497 e. The van der Waals surface area contributed by atoms with Gasteiger partial charge in [-0.05, 0) is 0 Å². The Morgan fingerprint density at radius 1 is 1.04 bits per heavy atom. The quantitative estimate of drug-likeness (QED) is 0.874. The van der Waals surface area contributed by atoms with Crippen molar-refractivity contribution in [1.29, 1.82) is 0 Å². The number of anilines is 1. The molecule has 1 aliphatic heterocycles. The number of hydrogen-bond acceptors (Lipinski definition) is 5. The molecule has 1 aromatic carbocycles. The smallest absolute Gasteiger partial charge is 0.321 e. The molecule has 0 aromatic heterocycles. The molecule has 8 nitrogen and oxygen atoms in total. The van der Waals surface area contributed by atoms with Crippen molar-refractivity contribution in [3.05, 3.63) is 18.2 Å². The maximum absolute atomic E-state index is 12.3. The van der Waals surface area contributed by atoms with Crippen LogP contribution in [0.25, 0.3) is 0 Å². The molecule has 1 aliphatic rings. The number of urea groups is 1. The van der Waals surface area contributed by atoms with Crippen molar-refractivity contribution in [3.63, 3.8) is 0 Å². The van der Waals surface area contributed by atoms with Gasteiger partial charge in [0, 0.05) is 50.1 Å². The first kappa shape index (κ1) is 17.4. The summed E-state index contributed by atoms with van der Waals surface area (Å²) in [6.07, 6.45) is 1.17. The summed E-state index contributed by atoms with van der Waals surface area (Å²) in [5, 5.41) is 2.77. The molecule has 128 valence electrons. The van der Waals surface area contributed by atoms with Crippen molar-refractivity contribution >= 4 is 21.7 Å². The normalized spacial score (nSPS) is 16.0. The summed E-state index contributed by atoms with van der Waals surface area (Å²) in [6, 6.07) is 4.80. The predicted molar refractivity (Wildman–Crippen MR) is 86.6 cm³/mol. The van der Waals surface area contributed by atoms with Gasteiger partial charge in [0.15, 0.2) is 0 Å². The number of rotatable bonds is 4. The highest BCUT2D eigenvalue weighted by Crippen LogP contribution is 2.26. The lowest BCUT2D eigenvalue weighted by atomic mass is 10.2. The van der Waals surface area contributed by atoms with Gasteiger partial charge >= 0.3 is 6.03 Å². The zero-order valence-electron chi connectivity index (χ0n) is 13.4. The zero-order valence-corrected chi connectivity index (χ0v) is 14.2. The van der Waals surface area contributed by atoms with Gasteiger partial charge in [-0.15, -0.1) is 0 Å². The summed E-state index contributed by atoms with van der Waals surface area (Å²) in [7, 11) is -0.145. The summed E-state index contributed by atoms with van der Waals surface area (Å²) >= 11 is 0. The second-order valence-corrected chi connectivity index (χ2v) is 7.16. The molecular formula is C14H21N3O5S. The van der Waals surface area contributed by atoms with E-state index in [0.717, 1.165) is 0 Å². The van der Waals surface area contributed by atoms with Gasteiger partial charge in [0.05, 0.1) is 20.5 Å². The zero-order chi connectivity index (χ0) is 17.0. The summed E-state index contributed by atoms with van der Waals surface area (Å²) in [5.41, 5.74) is 0.553. The minimum absolute atomic E-state index is 0.284. The van der Waals surface area contributed by atoms with Crippen molar-refractivity contribution < 1.29 is 22.7 Å². The third-order valence-electron chi connectivity index (χ3n) is 3.60. The van der Waals surface area contributed by atoms with E-state index in [-0.39, 0.29) is 6.03 Å². The Bertz CT molecular complexity index is 647. The number of carbonyl (C=O) groups is 1. The van der Waals surface area contributed by atoms with Gasteiger partial charge in [0.1, 0.15) is 11.5 Å². The number of piperazine rings is 1. The number of benzene rings is 1. The average Bonchev–Trinajstić information content (AvgIpc) is 2.53.